The minimum Gasteiger partial charge on any atom is -0.351 e. The summed E-state index contributed by atoms with van der Waals surface area (Å²) in [6.07, 6.45) is 3.54. The molecule has 0 bridgehead atoms. The van der Waals surface area contributed by atoms with E-state index in [0.717, 1.165) is 28.8 Å². The van der Waals surface area contributed by atoms with Crippen molar-refractivity contribution in [2.45, 2.75) is 25.3 Å². The highest BCUT2D eigenvalue weighted by Crippen LogP contribution is 2.37. The molecule has 2 aromatic carbocycles. The van der Waals surface area contributed by atoms with Crippen LogP contribution in [0.5, 0.6) is 0 Å². The van der Waals surface area contributed by atoms with Crippen LogP contribution in [0.1, 0.15) is 41.4 Å². The molecule has 0 radical (unpaired) electrons. The summed E-state index contributed by atoms with van der Waals surface area (Å²) in [5, 5.41) is 4.81. The number of halogens is 1. The molecule has 0 saturated heterocycles. The van der Waals surface area contributed by atoms with Gasteiger partial charge in [0, 0.05) is 15.9 Å². The van der Waals surface area contributed by atoms with Gasteiger partial charge in [0.1, 0.15) is 5.69 Å². The third-order valence-electron chi connectivity index (χ3n) is 4.60. The minimum atomic E-state index is -0.0724. The Morgan fingerprint density at radius 3 is 2.71 bits per heavy atom. The van der Waals surface area contributed by atoms with E-state index in [0.29, 0.717) is 10.7 Å². The molecule has 0 aliphatic heterocycles. The zero-order chi connectivity index (χ0) is 16.5. The zero-order valence-electron chi connectivity index (χ0n) is 13.3. The molecule has 122 valence electrons. The molecule has 0 spiro atoms. The van der Waals surface area contributed by atoms with Gasteiger partial charge in [-0.25, -0.2) is 0 Å². The molecule has 4 rings (SSSR count). The summed E-state index contributed by atoms with van der Waals surface area (Å²) in [5.41, 5.74) is 2.66. The van der Waals surface area contributed by atoms with Gasteiger partial charge in [-0.3, -0.25) is 4.79 Å². The lowest BCUT2D eigenvalue weighted by Crippen LogP contribution is -2.29. The number of benzene rings is 2. The molecule has 1 fully saturated rings. The summed E-state index contributed by atoms with van der Waals surface area (Å²) in [7, 11) is 0. The second-order valence-electron chi connectivity index (χ2n) is 6.53. The van der Waals surface area contributed by atoms with Gasteiger partial charge in [-0.15, -0.1) is 0 Å². The molecular formula is C20H19ClN2O. The van der Waals surface area contributed by atoms with E-state index < -0.39 is 0 Å². The van der Waals surface area contributed by atoms with Crippen LogP contribution in [-0.4, -0.2) is 10.9 Å². The first kappa shape index (κ1) is 15.3. The second-order valence-corrected chi connectivity index (χ2v) is 6.97. The van der Waals surface area contributed by atoms with E-state index in [9.17, 15) is 4.79 Å². The highest BCUT2D eigenvalue weighted by molar-refractivity contribution is 6.31. The number of fused-ring (bicyclic) bond motifs is 1. The van der Waals surface area contributed by atoms with Crippen molar-refractivity contribution >= 4 is 28.4 Å². The molecule has 1 amide bonds. The van der Waals surface area contributed by atoms with Gasteiger partial charge in [0.15, 0.2) is 0 Å². The Labute approximate surface area is 146 Å². The summed E-state index contributed by atoms with van der Waals surface area (Å²) < 4.78 is 0. The standard InChI is InChI=1S/C20H19ClN2O/c21-16-8-9-17-15(11-16)12-19(22-17)20(24)23-18(10-13-6-7-13)14-4-2-1-3-5-14/h1-5,8-9,11-13,18,22H,6-7,10H2,(H,23,24). The van der Waals surface area contributed by atoms with Gasteiger partial charge in [-0.05, 0) is 42.2 Å². The topological polar surface area (TPSA) is 44.9 Å². The average molecular weight is 339 g/mol. The quantitative estimate of drug-likeness (QED) is 0.668. The lowest BCUT2D eigenvalue weighted by atomic mass is 10.0. The molecular weight excluding hydrogens is 320 g/mol. The number of carbonyl (C=O) groups excluding carboxylic acids is 1. The largest absolute Gasteiger partial charge is 0.351 e. The minimum absolute atomic E-state index is 0.0567. The Balaban J connectivity index is 1.57. The fourth-order valence-corrected chi connectivity index (χ4v) is 3.29. The Hall–Kier alpha value is -2.26. The fraction of sp³-hybridized carbons (Fsp3) is 0.250. The van der Waals surface area contributed by atoms with Crippen molar-refractivity contribution in [3.63, 3.8) is 0 Å². The smallest absolute Gasteiger partial charge is 0.268 e. The zero-order valence-corrected chi connectivity index (χ0v) is 14.0. The van der Waals surface area contributed by atoms with Crippen molar-refractivity contribution in [1.29, 1.82) is 0 Å². The molecule has 1 saturated carbocycles. The van der Waals surface area contributed by atoms with Crippen molar-refractivity contribution in [2.24, 2.45) is 5.92 Å². The number of hydrogen-bond donors (Lipinski definition) is 2. The summed E-state index contributed by atoms with van der Waals surface area (Å²) >= 11 is 6.02. The summed E-state index contributed by atoms with van der Waals surface area (Å²) in [6.45, 7) is 0. The van der Waals surface area contributed by atoms with Crippen LogP contribution in [-0.2, 0) is 0 Å². The lowest BCUT2D eigenvalue weighted by Gasteiger charge is -2.18. The van der Waals surface area contributed by atoms with Crippen LogP contribution < -0.4 is 5.32 Å². The van der Waals surface area contributed by atoms with Gasteiger partial charge >= 0.3 is 0 Å². The average Bonchev–Trinajstić information content (AvgIpc) is 3.31. The third kappa shape index (κ3) is 3.31. The number of nitrogens with one attached hydrogen (secondary N) is 2. The Morgan fingerprint density at radius 2 is 1.96 bits per heavy atom. The van der Waals surface area contributed by atoms with Crippen molar-refractivity contribution < 1.29 is 4.79 Å². The van der Waals surface area contributed by atoms with Gasteiger partial charge in [0.25, 0.3) is 5.91 Å². The summed E-state index contributed by atoms with van der Waals surface area (Å²) in [5.74, 6) is 0.661. The number of aromatic nitrogens is 1. The van der Waals surface area contributed by atoms with Crippen molar-refractivity contribution in [2.75, 3.05) is 0 Å². The Bertz CT molecular complexity index is 868. The lowest BCUT2D eigenvalue weighted by molar-refractivity contribution is 0.0929. The maximum Gasteiger partial charge on any atom is 0.268 e. The molecule has 4 heteroatoms. The molecule has 24 heavy (non-hydrogen) atoms. The van der Waals surface area contributed by atoms with Crippen LogP contribution in [0.25, 0.3) is 10.9 Å². The van der Waals surface area contributed by atoms with E-state index in [1.807, 2.05) is 42.5 Å². The fourth-order valence-electron chi connectivity index (χ4n) is 3.11. The third-order valence-corrected chi connectivity index (χ3v) is 4.84. The summed E-state index contributed by atoms with van der Waals surface area (Å²) in [4.78, 5) is 15.9. The van der Waals surface area contributed by atoms with Crippen LogP contribution in [0.15, 0.2) is 54.6 Å². The van der Waals surface area contributed by atoms with E-state index in [1.165, 1.54) is 12.8 Å². The molecule has 3 aromatic rings. The van der Waals surface area contributed by atoms with Crippen LogP contribution in [0.3, 0.4) is 0 Å². The number of H-pyrrole nitrogens is 1. The van der Waals surface area contributed by atoms with E-state index >= 15 is 0 Å². The van der Waals surface area contributed by atoms with Crippen LogP contribution in [0.4, 0.5) is 0 Å². The van der Waals surface area contributed by atoms with Crippen molar-refractivity contribution in [3.8, 4) is 0 Å². The van der Waals surface area contributed by atoms with E-state index in [-0.39, 0.29) is 11.9 Å². The van der Waals surface area contributed by atoms with Crippen LogP contribution in [0.2, 0.25) is 5.02 Å². The van der Waals surface area contributed by atoms with Crippen molar-refractivity contribution in [1.82, 2.24) is 10.3 Å². The maximum absolute atomic E-state index is 12.7. The Morgan fingerprint density at radius 1 is 1.17 bits per heavy atom. The maximum atomic E-state index is 12.7. The molecule has 1 aliphatic carbocycles. The Kier molecular flexibility index (Phi) is 4.03. The predicted octanol–water partition coefficient (Wildman–Crippen LogP) is 5.09. The molecule has 1 aliphatic rings. The number of hydrogen-bond acceptors (Lipinski definition) is 1. The first-order chi connectivity index (χ1) is 11.7. The molecule has 1 heterocycles. The van der Waals surface area contributed by atoms with Crippen LogP contribution in [0, 0.1) is 5.92 Å². The monoisotopic (exact) mass is 338 g/mol. The highest BCUT2D eigenvalue weighted by atomic mass is 35.5. The van der Waals surface area contributed by atoms with E-state index in [1.54, 1.807) is 0 Å². The number of rotatable bonds is 5. The SMILES string of the molecule is O=C(NC(CC1CC1)c1ccccc1)c1cc2cc(Cl)ccc2[nH]1. The molecule has 3 nitrogen and oxygen atoms in total. The van der Waals surface area contributed by atoms with Gasteiger partial charge in [0.05, 0.1) is 6.04 Å². The molecule has 2 N–H and O–H groups in total. The molecule has 1 atom stereocenters. The van der Waals surface area contributed by atoms with Gasteiger partial charge in [0.2, 0.25) is 0 Å². The summed E-state index contributed by atoms with van der Waals surface area (Å²) in [6, 6.07) is 17.7. The van der Waals surface area contributed by atoms with Crippen LogP contribution >= 0.6 is 11.6 Å². The first-order valence-electron chi connectivity index (χ1n) is 8.33. The molecule has 1 aromatic heterocycles. The first-order valence-corrected chi connectivity index (χ1v) is 8.71. The number of amides is 1. The molecule has 1 unspecified atom stereocenters. The number of aromatic amines is 1. The normalized spacial score (nSPS) is 15.4. The highest BCUT2D eigenvalue weighted by Gasteiger charge is 2.27. The van der Waals surface area contributed by atoms with E-state index in [2.05, 4.69) is 22.4 Å². The van der Waals surface area contributed by atoms with Gasteiger partial charge in [-0.1, -0.05) is 54.8 Å². The predicted molar refractivity (Wildman–Crippen MR) is 97.3 cm³/mol. The van der Waals surface area contributed by atoms with Gasteiger partial charge < -0.3 is 10.3 Å². The van der Waals surface area contributed by atoms with Gasteiger partial charge in [-0.2, -0.15) is 0 Å². The van der Waals surface area contributed by atoms with E-state index in [4.69, 9.17) is 11.6 Å². The number of carbonyl (C=O) groups is 1. The second kappa shape index (κ2) is 6.33. The van der Waals surface area contributed by atoms with Crippen molar-refractivity contribution in [3.05, 3.63) is 70.9 Å².